The first-order valence-electron chi connectivity index (χ1n) is 29.4. The first-order chi connectivity index (χ1) is 41.9. The van der Waals surface area contributed by atoms with Gasteiger partial charge in [-0.1, -0.05) is 224 Å². The average molecular weight is 1090 g/mol. The highest BCUT2D eigenvalue weighted by Gasteiger charge is 2.48. The highest BCUT2D eigenvalue weighted by Crippen LogP contribution is 2.61. The van der Waals surface area contributed by atoms with Crippen molar-refractivity contribution in [1.29, 1.82) is 0 Å². The predicted octanol–water partition coefficient (Wildman–Crippen LogP) is 22.5. The van der Waals surface area contributed by atoms with Crippen LogP contribution in [0.1, 0.15) is 44.5 Å². The van der Waals surface area contributed by atoms with Crippen molar-refractivity contribution in [3.05, 3.63) is 324 Å². The minimum Gasteiger partial charge on any atom is -0.453 e. The maximum atomic E-state index is 7.37. The minimum absolute atomic E-state index is 0.802. The fraction of sp³-hybridized carbons (Fsp3) is 0.0617. The summed E-state index contributed by atoms with van der Waals surface area (Å²) in [6.45, 7) is 8.77. The SMILES string of the molecule is Cc1cccc(C)c1-c1cccc2c1oc1c(N(c3ccccc3)c3ccc4c(c3)C(c3ccccc3)(c3ccccc3)c3cc(N(c5ccccc5)c5cccc6c5oc5c(-c7c(C)cccc7C)cccc56)c5ccccc5c3-4)cccc12. The second kappa shape index (κ2) is 19.8. The van der Waals surface area contributed by atoms with E-state index in [1.807, 2.05) is 0 Å². The van der Waals surface area contributed by atoms with Gasteiger partial charge in [-0.3, -0.25) is 0 Å². The Morgan fingerprint density at radius 1 is 0.259 bits per heavy atom. The molecule has 13 aromatic carbocycles. The Bertz CT molecular complexity index is 5040. The third-order valence-electron chi connectivity index (χ3n) is 18.0. The lowest BCUT2D eigenvalue weighted by Gasteiger charge is -2.36. The molecule has 4 nitrogen and oxygen atoms in total. The fourth-order valence-electron chi connectivity index (χ4n) is 14.5. The molecule has 1 aliphatic rings. The molecule has 15 aromatic rings. The summed E-state index contributed by atoms with van der Waals surface area (Å²) in [6.07, 6.45) is 0. The van der Waals surface area contributed by atoms with Gasteiger partial charge in [0.2, 0.25) is 0 Å². The summed E-state index contributed by atoms with van der Waals surface area (Å²) >= 11 is 0. The lowest BCUT2D eigenvalue weighted by Crippen LogP contribution is -2.29. The Balaban J connectivity index is 0.969. The van der Waals surface area contributed by atoms with Crippen LogP contribution in [0.4, 0.5) is 34.1 Å². The highest BCUT2D eigenvalue weighted by molar-refractivity contribution is 6.17. The van der Waals surface area contributed by atoms with Crippen LogP contribution in [-0.2, 0) is 5.41 Å². The summed E-state index contributed by atoms with van der Waals surface area (Å²) in [5.41, 5.74) is 25.3. The van der Waals surface area contributed by atoms with E-state index in [1.54, 1.807) is 0 Å². The van der Waals surface area contributed by atoms with Crippen LogP contribution in [-0.4, -0.2) is 0 Å². The summed E-state index contributed by atoms with van der Waals surface area (Å²) in [5.74, 6) is 0. The molecule has 0 spiro atoms. The van der Waals surface area contributed by atoms with Gasteiger partial charge in [0.25, 0.3) is 0 Å². The van der Waals surface area contributed by atoms with E-state index < -0.39 is 5.41 Å². The largest absolute Gasteiger partial charge is 0.453 e. The Morgan fingerprint density at radius 2 is 0.659 bits per heavy atom. The van der Waals surface area contributed by atoms with Crippen molar-refractivity contribution >= 4 is 88.8 Å². The molecule has 0 amide bonds. The third kappa shape index (κ3) is 7.61. The van der Waals surface area contributed by atoms with Crippen molar-refractivity contribution in [2.45, 2.75) is 33.1 Å². The quantitative estimate of drug-likeness (QED) is 0.137. The van der Waals surface area contributed by atoms with Crippen LogP contribution in [0.15, 0.2) is 288 Å². The van der Waals surface area contributed by atoms with E-state index in [1.165, 1.54) is 72.1 Å². The van der Waals surface area contributed by atoms with Crippen molar-refractivity contribution in [2.24, 2.45) is 0 Å². The molecule has 404 valence electrons. The summed E-state index contributed by atoms with van der Waals surface area (Å²) in [6, 6.07) is 102. The van der Waals surface area contributed by atoms with Gasteiger partial charge in [-0.2, -0.15) is 0 Å². The van der Waals surface area contributed by atoms with Crippen LogP contribution in [0.2, 0.25) is 0 Å². The number of anilines is 6. The van der Waals surface area contributed by atoms with Crippen LogP contribution >= 0.6 is 0 Å². The molecule has 1 aliphatic carbocycles. The van der Waals surface area contributed by atoms with Crippen molar-refractivity contribution in [2.75, 3.05) is 9.80 Å². The molecule has 0 N–H and O–H groups in total. The van der Waals surface area contributed by atoms with Gasteiger partial charge in [-0.05, 0) is 154 Å². The van der Waals surface area contributed by atoms with E-state index in [0.717, 1.165) is 94.5 Å². The average Bonchev–Trinajstić information content (AvgIpc) is 1.88. The maximum Gasteiger partial charge on any atom is 0.159 e. The van der Waals surface area contributed by atoms with Crippen LogP contribution < -0.4 is 9.80 Å². The molecule has 85 heavy (non-hydrogen) atoms. The molecule has 2 aromatic heterocycles. The first-order valence-corrected chi connectivity index (χ1v) is 29.4. The zero-order valence-corrected chi connectivity index (χ0v) is 47.8. The molecular weight excluding hydrogens is 1030 g/mol. The number of para-hydroxylation sites is 6. The van der Waals surface area contributed by atoms with E-state index in [0.29, 0.717) is 0 Å². The lowest BCUT2D eigenvalue weighted by molar-refractivity contribution is 0.669. The van der Waals surface area contributed by atoms with Crippen LogP contribution in [0.25, 0.3) is 88.0 Å². The topological polar surface area (TPSA) is 32.8 Å². The molecule has 2 heterocycles. The molecule has 4 heteroatoms. The standard InChI is InChI=1S/C81H58N2O2/c1-51-25-19-26-52(2)74(51)67-43-21-39-62-64-41-23-45-71(79(64)84-77(62)67)82(57-33-13-7-14-34-57)59-47-48-66-69(49-59)81(55-29-9-5-10-30-55,56-31-11-6-12-32-56)70-50-73(60-37-17-18-38-61(60)76(66)70)83(58-35-15-8-16-36-58)72-46-24-42-65-63-40-22-44-68(78(63)85-80(65)72)75-53(3)27-20-28-54(75)4/h5-50H,1-4H3. The minimum atomic E-state index is -0.802. The van der Waals surface area contributed by atoms with Gasteiger partial charge in [0, 0.05) is 55.1 Å². The Hall–Kier alpha value is -10.7. The van der Waals surface area contributed by atoms with Crippen molar-refractivity contribution in [1.82, 2.24) is 0 Å². The summed E-state index contributed by atoms with van der Waals surface area (Å²) in [7, 11) is 0. The van der Waals surface area contributed by atoms with Gasteiger partial charge in [-0.15, -0.1) is 0 Å². The van der Waals surface area contributed by atoms with E-state index in [4.69, 9.17) is 8.83 Å². The number of hydrogen-bond donors (Lipinski definition) is 0. The van der Waals surface area contributed by atoms with E-state index in [-0.39, 0.29) is 0 Å². The Kier molecular flexibility index (Phi) is 11.6. The number of furan rings is 2. The molecule has 0 atom stereocenters. The van der Waals surface area contributed by atoms with Gasteiger partial charge >= 0.3 is 0 Å². The summed E-state index contributed by atoms with van der Waals surface area (Å²) in [4.78, 5) is 4.84. The second-order valence-corrected chi connectivity index (χ2v) is 22.8. The molecular formula is C81H58N2O2. The molecule has 16 rings (SSSR count). The van der Waals surface area contributed by atoms with E-state index >= 15 is 0 Å². The molecule has 0 saturated carbocycles. The maximum absolute atomic E-state index is 7.37. The van der Waals surface area contributed by atoms with Gasteiger partial charge < -0.3 is 18.6 Å². The molecule has 0 bridgehead atoms. The lowest BCUT2D eigenvalue weighted by atomic mass is 9.67. The number of rotatable bonds is 10. The highest BCUT2D eigenvalue weighted by atomic mass is 16.3. The summed E-state index contributed by atoms with van der Waals surface area (Å²) in [5, 5.41) is 6.61. The zero-order chi connectivity index (χ0) is 56.9. The van der Waals surface area contributed by atoms with Crippen molar-refractivity contribution < 1.29 is 8.83 Å². The van der Waals surface area contributed by atoms with Crippen LogP contribution in [0, 0.1) is 27.7 Å². The number of benzene rings is 13. The number of aryl methyl sites for hydroxylation is 4. The molecule has 0 unspecified atom stereocenters. The normalized spacial score (nSPS) is 12.6. The molecule has 0 fully saturated rings. The second-order valence-electron chi connectivity index (χ2n) is 22.8. The molecule has 0 aliphatic heterocycles. The Labute approximate surface area is 494 Å². The van der Waals surface area contributed by atoms with Crippen LogP contribution in [0.5, 0.6) is 0 Å². The van der Waals surface area contributed by atoms with Crippen molar-refractivity contribution in [3.8, 4) is 33.4 Å². The molecule has 0 saturated heterocycles. The number of hydrogen-bond acceptors (Lipinski definition) is 4. The fourth-order valence-corrected chi connectivity index (χ4v) is 14.5. The third-order valence-corrected chi connectivity index (χ3v) is 18.0. The zero-order valence-electron chi connectivity index (χ0n) is 47.8. The van der Waals surface area contributed by atoms with Gasteiger partial charge in [0.15, 0.2) is 11.2 Å². The van der Waals surface area contributed by atoms with Gasteiger partial charge in [-0.25, -0.2) is 0 Å². The van der Waals surface area contributed by atoms with E-state index in [9.17, 15) is 0 Å². The Morgan fingerprint density at radius 3 is 1.16 bits per heavy atom. The van der Waals surface area contributed by atoms with Gasteiger partial charge in [0.05, 0.1) is 22.5 Å². The smallest absolute Gasteiger partial charge is 0.159 e. The predicted molar refractivity (Wildman–Crippen MR) is 355 cm³/mol. The molecule has 0 radical (unpaired) electrons. The van der Waals surface area contributed by atoms with Crippen molar-refractivity contribution in [3.63, 3.8) is 0 Å². The first kappa shape index (κ1) is 50.1. The number of fused-ring (bicyclic) bond motifs is 11. The monoisotopic (exact) mass is 1090 g/mol. The number of nitrogens with zero attached hydrogens (tertiary/aromatic N) is 2. The van der Waals surface area contributed by atoms with E-state index in [2.05, 4.69) is 317 Å². The summed E-state index contributed by atoms with van der Waals surface area (Å²) < 4.78 is 14.7. The van der Waals surface area contributed by atoms with Gasteiger partial charge in [0.1, 0.15) is 11.2 Å². The van der Waals surface area contributed by atoms with Crippen LogP contribution in [0.3, 0.4) is 0 Å².